The summed E-state index contributed by atoms with van der Waals surface area (Å²) in [5, 5.41) is 8.81. The van der Waals surface area contributed by atoms with Crippen LogP contribution in [0.25, 0.3) is 0 Å². The molecule has 1 rings (SSSR count). The second kappa shape index (κ2) is 5.71. The maximum atomic E-state index is 10.7. The number of hydrogen-bond acceptors (Lipinski definition) is 2. The van der Waals surface area contributed by atoms with Crippen molar-refractivity contribution >= 4 is 5.97 Å². The van der Waals surface area contributed by atoms with E-state index in [2.05, 4.69) is 13.8 Å². The maximum absolute atomic E-state index is 10.7. The number of carboxylic acid groups (broad SMARTS) is 1. The standard InChI is InChI=1S/C14H20O3/c1-9(2)12-6-5-10(3)7-13(12)17-8-11(4)14(15)16/h5-7,9,11H,8H2,1-4H3,(H,15,16). The van der Waals surface area contributed by atoms with Gasteiger partial charge in [0.1, 0.15) is 12.4 Å². The third-order valence-corrected chi connectivity index (χ3v) is 2.70. The van der Waals surface area contributed by atoms with Crippen LogP contribution in [-0.4, -0.2) is 17.7 Å². The van der Waals surface area contributed by atoms with Gasteiger partial charge in [0, 0.05) is 0 Å². The van der Waals surface area contributed by atoms with Crippen LogP contribution in [0.4, 0.5) is 0 Å². The van der Waals surface area contributed by atoms with Crippen molar-refractivity contribution in [2.75, 3.05) is 6.61 Å². The molecule has 0 aliphatic carbocycles. The Kier molecular flexibility index (Phi) is 4.55. The van der Waals surface area contributed by atoms with E-state index in [0.29, 0.717) is 5.92 Å². The Morgan fingerprint density at radius 1 is 1.35 bits per heavy atom. The minimum atomic E-state index is -0.830. The average Bonchev–Trinajstić information content (AvgIpc) is 2.25. The molecule has 94 valence electrons. The van der Waals surface area contributed by atoms with E-state index in [4.69, 9.17) is 9.84 Å². The molecular formula is C14H20O3. The smallest absolute Gasteiger partial charge is 0.309 e. The first kappa shape index (κ1) is 13.6. The van der Waals surface area contributed by atoms with Gasteiger partial charge < -0.3 is 9.84 Å². The van der Waals surface area contributed by atoms with E-state index in [1.165, 1.54) is 0 Å². The van der Waals surface area contributed by atoms with Gasteiger partial charge >= 0.3 is 5.97 Å². The van der Waals surface area contributed by atoms with Crippen LogP contribution >= 0.6 is 0 Å². The highest BCUT2D eigenvalue weighted by Gasteiger charge is 2.14. The van der Waals surface area contributed by atoms with Gasteiger partial charge in [0.2, 0.25) is 0 Å². The number of carboxylic acids is 1. The highest BCUT2D eigenvalue weighted by molar-refractivity contribution is 5.69. The topological polar surface area (TPSA) is 46.5 Å². The van der Waals surface area contributed by atoms with Crippen LogP contribution in [0.3, 0.4) is 0 Å². The average molecular weight is 236 g/mol. The fourth-order valence-electron chi connectivity index (χ4n) is 1.53. The molecule has 1 N–H and O–H groups in total. The molecule has 0 fully saturated rings. The number of aliphatic carboxylic acids is 1. The Bertz CT molecular complexity index is 396. The van der Waals surface area contributed by atoms with Crippen molar-refractivity contribution < 1.29 is 14.6 Å². The molecular weight excluding hydrogens is 216 g/mol. The fourth-order valence-corrected chi connectivity index (χ4v) is 1.53. The number of aryl methyl sites for hydroxylation is 1. The first-order chi connectivity index (χ1) is 7.91. The Hall–Kier alpha value is -1.51. The van der Waals surface area contributed by atoms with Crippen molar-refractivity contribution in [3.8, 4) is 5.75 Å². The molecule has 0 saturated carbocycles. The SMILES string of the molecule is Cc1ccc(C(C)C)c(OCC(C)C(=O)O)c1. The van der Waals surface area contributed by atoms with Crippen LogP contribution in [0.15, 0.2) is 18.2 Å². The van der Waals surface area contributed by atoms with Gasteiger partial charge in [-0.25, -0.2) is 0 Å². The third-order valence-electron chi connectivity index (χ3n) is 2.70. The second-order valence-electron chi connectivity index (χ2n) is 4.75. The number of ether oxygens (including phenoxy) is 1. The summed E-state index contributed by atoms with van der Waals surface area (Å²) in [4.78, 5) is 10.7. The first-order valence-corrected chi connectivity index (χ1v) is 5.88. The predicted molar refractivity (Wildman–Crippen MR) is 67.6 cm³/mol. The van der Waals surface area contributed by atoms with E-state index in [0.717, 1.165) is 16.9 Å². The lowest BCUT2D eigenvalue weighted by Gasteiger charge is -2.16. The number of rotatable bonds is 5. The summed E-state index contributed by atoms with van der Waals surface area (Å²) in [5.41, 5.74) is 2.24. The van der Waals surface area contributed by atoms with Gasteiger partial charge in [-0.1, -0.05) is 26.0 Å². The van der Waals surface area contributed by atoms with Gasteiger partial charge in [0.25, 0.3) is 0 Å². The lowest BCUT2D eigenvalue weighted by Crippen LogP contribution is -2.18. The molecule has 1 aromatic carbocycles. The van der Waals surface area contributed by atoms with E-state index in [1.54, 1.807) is 6.92 Å². The molecule has 1 aromatic rings. The number of hydrogen-bond donors (Lipinski definition) is 1. The van der Waals surface area contributed by atoms with Crippen molar-refractivity contribution in [3.05, 3.63) is 29.3 Å². The zero-order chi connectivity index (χ0) is 13.0. The third kappa shape index (κ3) is 3.77. The van der Waals surface area contributed by atoms with Crippen LogP contribution in [-0.2, 0) is 4.79 Å². The minimum Gasteiger partial charge on any atom is -0.492 e. The summed E-state index contributed by atoms with van der Waals surface area (Å²) in [7, 11) is 0. The summed E-state index contributed by atoms with van der Waals surface area (Å²) in [5.74, 6) is -0.155. The fraction of sp³-hybridized carbons (Fsp3) is 0.500. The summed E-state index contributed by atoms with van der Waals surface area (Å²) in [6.45, 7) is 8.04. The van der Waals surface area contributed by atoms with Crippen molar-refractivity contribution in [3.63, 3.8) is 0 Å². The van der Waals surface area contributed by atoms with Gasteiger partial charge in [-0.2, -0.15) is 0 Å². The summed E-state index contributed by atoms with van der Waals surface area (Å²) < 4.78 is 5.62. The second-order valence-corrected chi connectivity index (χ2v) is 4.75. The Balaban J connectivity index is 2.82. The van der Waals surface area contributed by atoms with E-state index in [-0.39, 0.29) is 6.61 Å². The normalized spacial score (nSPS) is 12.5. The molecule has 0 heterocycles. The molecule has 0 radical (unpaired) electrons. The largest absolute Gasteiger partial charge is 0.492 e. The maximum Gasteiger partial charge on any atom is 0.309 e. The van der Waals surface area contributed by atoms with Gasteiger partial charge in [-0.05, 0) is 37.0 Å². The van der Waals surface area contributed by atoms with Crippen LogP contribution < -0.4 is 4.74 Å². The molecule has 3 nitrogen and oxygen atoms in total. The van der Waals surface area contributed by atoms with E-state index < -0.39 is 11.9 Å². The Morgan fingerprint density at radius 3 is 2.53 bits per heavy atom. The van der Waals surface area contributed by atoms with Gasteiger partial charge in [-0.3, -0.25) is 4.79 Å². The van der Waals surface area contributed by atoms with Crippen LogP contribution in [0.1, 0.15) is 37.8 Å². The van der Waals surface area contributed by atoms with E-state index in [9.17, 15) is 4.79 Å². The molecule has 1 unspecified atom stereocenters. The minimum absolute atomic E-state index is 0.207. The molecule has 1 atom stereocenters. The molecule has 0 saturated heterocycles. The predicted octanol–water partition coefficient (Wildman–Crippen LogP) is 3.22. The van der Waals surface area contributed by atoms with Crippen molar-refractivity contribution in [2.45, 2.75) is 33.6 Å². The number of benzene rings is 1. The lowest BCUT2D eigenvalue weighted by atomic mass is 10.0. The molecule has 3 heteroatoms. The quantitative estimate of drug-likeness (QED) is 0.853. The van der Waals surface area contributed by atoms with Crippen LogP contribution in [0.5, 0.6) is 5.75 Å². The Labute approximate surface area is 102 Å². The molecule has 0 aliphatic rings. The zero-order valence-corrected chi connectivity index (χ0v) is 10.9. The van der Waals surface area contributed by atoms with E-state index in [1.807, 2.05) is 25.1 Å². The molecule has 0 spiro atoms. The molecule has 0 aromatic heterocycles. The van der Waals surface area contributed by atoms with Crippen LogP contribution in [0, 0.1) is 12.8 Å². The Morgan fingerprint density at radius 2 is 2.00 bits per heavy atom. The number of carbonyl (C=O) groups is 1. The van der Waals surface area contributed by atoms with Gasteiger partial charge in [0.05, 0.1) is 5.92 Å². The highest BCUT2D eigenvalue weighted by atomic mass is 16.5. The molecule has 0 bridgehead atoms. The summed E-state index contributed by atoms with van der Waals surface area (Å²) in [6, 6.07) is 6.05. The monoisotopic (exact) mass is 236 g/mol. The van der Waals surface area contributed by atoms with Crippen LogP contribution in [0.2, 0.25) is 0 Å². The summed E-state index contributed by atoms with van der Waals surface area (Å²) in [6.07, 6.45) is 0. The molecule has 17 heavy (non-hydrogen) atoms. The van der Waals surface area contributed by atoms with Crippen molar-refractivity contribution in [2.24, 2.45) is 5.92 Å². The first-order valence-electron chi connectivity index (χ1n) is 5.88. The zero-order valence-electron chi connectivity index (χ0n) is 10.9. The van der Waals surface area contributed by atoms with E-state index >= 15 is 0 Å². The molecule has 0 aliphatic heterocycles. The van der Waals surface area contributed by atoms with Crippen molar-refractivity contribution in [1.29, 1.82) is 0 Å². The van der Waals surface area contributed by atoms with Crippen molar-refractivity contribution in [1.82, 2.24) is 0 Å². The lowest BCUT2D eigenvalue weighted by molar-refractivity contribution is -0.142. The van der Waals surface area contributed by atoms with Gasteiger partial charge in [0.15, 0.2) is 0 Å². The summed E-state index contributed by atoms with van der Waals surface area (Å²) >= 11 is 0. The molecule has 0 amide bonds. The van der Waals surface area contributed by atoms with Gasteiger partial charge in [-0.15, -0.1) is 0 Å². The highest BCUT2D eigenvalue weighted by Crippen LogP contribution is 2.27.